The van der Waals surface area contributed by atoms with Crippen LogP contribution in [0.2, 0.25) is 0 Å². The minimum atomic E-state index is -0.460. The number of para-hydroxylation sites is 2. The third-order valence-corrected chi connectivity index (χ3v) is 3.27. The first-order valence-corrected chi connectivity index (χ1v) is 7.64. The van der Waals surface area contributed by atoms with Crippen molar-refractivity contribution in [1.29, 1.82) is 0 Å². The molecule has 2 rings (SSSR count). The number of hydrogen-bond acceptors (Lipinski definition) is 3. The fraction of sp³-hybridized carbons (Fsp3) is 0.222. The van der Waals surface area contributed by atoms with Gasteiger partial charge in [-0.25, -0.2) is 4.39 Å². The van der Waals surface area contributed by atoms with Crippen LogP contribution in [0.5, 0.6) is 11.5 Å². The summed E-state index contributed by atoms with van der Waals surface area (Å²) >= 11 is 0. The van der Waals surface area contributed by atoms with Crippen LogP contribution in [-0.4, -0.2) is 18.4 Å². The SMILES string of the molecule is CCC(=O)NCC(=O)NCc1ccccc1Oc1ccccc1F. The van der Waals surface area contributed by atoms with Gasteiger partial charge in [0.2, 0.25) is 11.8 Å². The lowest BCUT2D eigenvalue weighted by Crippen LogP contribution is -2.36. The predicted molar refractivity (Wildman–Crippen MR) is 88.1 cm³/mol. The Bertz CT molecular complexity index is 719. The molecule has 2 aromatic carbocycles. The summed E-state index contributed by atoms with van der Waals surface area (Å²) in [5.41, 5.74) is 0.705. The Kier molecular flexibility index (Phi) is 6.31. The lowest BCUT2D eigenvalue weighted by molar-refractivity contribution is -0.126. The van der Waals surface area contributed by atoms with E-state index in [-0.39, 0.29) is 30.7 Å². The van der Waals surface area contributed by atoms with E-state index in [1.54, 1.807) is 43.3 Å². The van der Waals surface area contributed by atoms with Crippen LogP contribution >= 0.6 is 0 Å². The molecule has 0 spiro atoms. The largest absolute Gasteiger partial charge is 0.454 e. The van der Waals surface area contributed by atoms with Crippen LogP contribution in [0.3, 0.4) is 0 Å². The van der Waals surface area contributed by atoms with Gasteiger partial charge in [-0.1, -0.05) is 37.3 Å². The van der Waals surface area contributed by atoms with E-state index in [4.69, 9.17) is 4.74 Å². The van der Waals surface area contributed by atoms with Crippen LogP contribution in [0.15, 0.2) is 48.5 Å². The first-order valence-electron chi connectivity index (χ1n) is 7.64. The van der Waals surface area contributed by atoms with E-state index < -0.39 is 5.82 Å². The second-order valence-electron chi connectivity index (χ2n) is 5.05. The molecule has 2 N–H and O–H groups in total. The highest BCUT2D eigenvalue weighted by atomic mass is 19.1. The molecule has 5 nitrogen and oxygen atoms in total. The summed E-state index contributed by atoms with van der Waals surface area (Å²) in [5, 5.41) is 5.19. The average Bonchev–Trinajstić information content (AvgIpc) is 2.60. The first kappa shape index (κ1) is 17.5. The molecule has 0 radical (unpaired) electrons. The molecule has 0 heterocycles. The van der Waals surface area contributed by atoms with Crippen molar-refractivity contribution in [3.63, 3.8) is 0 Å². The highest BCUT2D eigenvalue weighted by Gasteiger charge is 2.09. The molecule has 0 bridgehead atoms. The van der Waals surface area contributed by atoms with Gasteiger partial charge < -0.3 is 15.4 Å². The minimum absolute atomic E-state index is 0.0803. The fourth-order valence-corrected chi connectivity index (χ4v) is 1.96. The lowest BCUT2D eigenvalue weighted by Gasteiger charge is -2.12. The van der Waals surface area contributed by atoms with Crippen LogP contribution in [-0.2, 0) is 16.1 Å². The average molecular weight is 330 g/mol. The highest BCUT2D eigenvalue weighted by molar-refractivity contribution is 5.84. The molecular formula is C18H19FN2O3. The monoisotopic (exact) mass is 330 g/mol. The Morgan fingerprint density at radius 1 is 0.958 bits per heavy atom. The van der Waals surface area contributed by atoms with Gasteiger partial charge in [0.1, 0.15) is 5.75 Å². The number of benzene rings is 2. The maximum absolute atomic E-state index is 13.7. The molecule has 0 aliphatic carbocycles. The van der Waals surface area contributed by atoms with Crippen molar-refractivity contribution in [1.82, 2.24) is 10.6 Å². The van der Waals surface area contributed by atoms with E-state index in [9.17, 15) is 14.0 Å². The summed E-state index contributed by atoms with van der Waals surface area (Å²) in [7, 11) is 0. The zero-order chi connectivity index (χ0) is 17.4. The molecule has 0 aliphatic rings. The normalized spacial score (nSPS) is 10.1. The Hall–Kier alpha value is -2.89. The summed E-state index contributed by atoms with van der Waals surface area (Å²) in [5.74, 6) is -0.378. The molecule has 6 heteroatoms. The molecule has 0 saturated carbocycles. The molecule has 126 valence electrons. The number of carbonyl (C=O) groups excluding carboxylic acids is 2. The van der Waals surface area contributed by atoms with Gasteiger partial charge in [0.15, 0.2) is 11.6 Å². The summed E-state index contributed by atoms with van der Waals surface area (Å²) in [6, 6.07) is 13.2. The van der Waals surface area contributed by atoms with Gasteiger partial charge in [-0.15, -0.1) is 0 Å². The van der Waals surface area contributed by atoms with E-state index in [1.807, 2.05) is 0 Å². The molecule has 0 aliphatic heterocycles. The second kappa shape index (κ2) is 8.67. The Morgan fingerprint density at radius 2 is 1.62 bits per heavy atom. The van der Waals surface area contributed by atoms with Crippen molar-refractivity contribution in [2.24, 2.45) is 0 Å². The molecule has 0 fully saturated rings. The van der Waals surface area contributed by atoms with Crippen LogP contribution < -0.4 is 15.4 Å². The molecule has 0 aromatic heterocycles. The molecule has 24 heavy (non-hydrogen) atoms. The topological polar surface area (TPSA) is 67.4 Å². The van der Waals surface area contributed by atoms with Crippen molar-refractivity contribution in [2.75, 3.05) is 6.54 Å². The van der Waals surface area contributed by atoms with Crippen molar-refractivity contribution in [2.45, 2.75) is 19.9 Å². The Morgan fingerprint density at radius 3 is 2.33 bits per heavy atom. The summed E-state index contributed by atoms with van der Waals surface area (Å²) in [6.07, 6.45) is 0.326. The van der Waals surface area contributed by atoms with Gasteiger partial charge >= 0.3 is 0 Å². The molecule has 0 unspecified atom stereocenters. The zero-order valence-electron chi connectivity index (χ0n) is 13.3. The van der Waals surface area contributed by atoms with Gasteiger partial charge in [-0.2, -0.15) is 0 Å². The first-order chi connectivity index (χ1) is 11.6. The summed E-state index contributed by atoms with van der Waals surface area (Å²) in [4.78, 5) is 22.9. The maximum Gasteiger partial charge on any atom is 0.239 e. The number of halogens is 1. The predicted octanol–water partition coefficient (Wildman–Crippen LogP) is 2.76. The standard InChI is InChI=1S/C18H19FN2O3/c1-2-17(22)21-12-18(23)20-11-13-7-3-5-9-15(13)24-16-10-6-4-8-14(16)19/h3-10H,2,11-12H2,1H3,(H,20,23)(H,21,22). The number of carbonyl (C=O) groups is 2. The van der Waals surface area contributed by atoms with Gasteiger partial charge in [0.25, 0.3) is 0 Å². The van der Waals surface area contributed by atoms with Crippen LogP contribution in [0.1, 0.15) is 18.9 Å². The van der Waals surface area contributed by atoms with E-state index in [0.717, 1.165) is 0 Å². The maximum atomic E-state index is 13.7. The molecule has 2 amide bonds. The van der Waals surface area contributed by atoms with Crippen LogP contribution in [0.4, 0.5) is 4.39 Å². The zero-order valence-corrected chi connectivity index (χ0v) is 13.3. The number of hydrogen-bond donors (Lipinski definition) is 2. The second-order valence-corrected chi connectivity index (χ2v) is 5.05. The smallest absolute Gasteiger partial charge is 0.239 e. The Labute approximate surface area is 139 Å². The van der Waals surface area contributed by atoms with Crippen molar-refractivity contribution in [3.05, 3.63) is 59.9 Å². The van der Waals surface area contributed by atoms with Crippen molar-refractivity contribution < 1.29 is 18.7 Å². The van der Waals surface area contributed by atoms with Gasteiger partial charge in [0, 0.05) is 18.5 Å². The van der Waals surface area contributed by atoms with Crippen molar-refractivity contribution in [3.8, 4) is 11.5 Å². The van der Waals surface area contributed by atoms with E-state index in [1.165, 1.54) is 12.1 Å². The third kappa shape index (κ3) is 5.08. The summed E-state index contributed by atoms with van der Waals surface area (Å²) in [6.45, 7) is 1.85. The quantitative estimate of drug-likeness (QED) is 0.820. The minimum Gasteiger partial charge on any atom is -0.454 e. The molecule has 0 saturated heterocycles. The number of amides is 2. The fourth-order valence-electron chi connectivity index (χ4n) is 1.96. The van der Waals surface area contributed by atoms with Crippen LogP contribution in [0, 0.1) is 5.82 Å². The van der Waals surface area contributed by atoms with E-state index >= 15 is 0 Å². The molecular weight excluding hydrogens is 311 g/mol. The highest BCUT2D eigenvalue weighted by Crippen LogP contribution is 2.27. The lowest BCUT2D eigenvalue weighted by atomic mass is 10.2. The molecule has 2 aromatic rings. The number of ether oxygens (including phenoxy) is 1. The van der Waals surface area contributed by atoms with Crippen molar-refractivity contribution >= 4 is 11.8 Å². The van der Waals surface area contributed by atoms with E-state index in [0.29, 0.717) is 17.7 Å². The van der Waals surface area contributed by atoms with Crippen LogP contribution in [0.25, 0.3) is 0 Å². The summed E-state index contributed by atoms with van der Waals surface area (Å²) < 4.78 is 19.3. The van der Waals surface area contributed by atoms with Gasteiger partial charge in [-0.3, -0.25) is 9.59 Å². The number of rotatable bonds is 7. The molecule has 0 atom stereocenters. The number of nitrogens with one attached hydrogen (secondary N) is 2. The van der Waals surface area contributed by atoms with Gasteiger partial charge in [0.05, 0.1) is 6.54 Å². The van der Waals surface area contributed by atoms with E-state index in [2.05, 4.69) is 10.6 Å². The van der Waals surface area contributed by atoms with Gasteiger partial charge in [-0.05, 0) is 18.2 Å². The third-order valence-electron chi connectivity index (χ3n) is 3.27. The Balaban J connectivity index is 1.98.